The molecule has 13 heteroatoms. The van der Waals surface area contributed by atoms with Gasteiger partial charge < -0.3 is 20.9 Å². The van der Waals surface area contributed by atoms with Gasteiger partial charge in [0.15, 0.2) is 11.3 Å². The number of imidazole rings is 1. The first-order valence-electron chi connectivity index (χ1n) is 8.15. The number of aliphatic carboxylic acids is 1. The molecule has 0 aliphatic rings. The Bertz CT molecular complexity index is 1020. The zero-order valence-electron chi connectivity index (χ0n) is 15.1. The highest BCUT2D eigenvalue weighted by atomic mass is 79.9. The molecule has 0 atom stereocenters. The van der Waals surface area contributed by atoms with Crippen LogP contribution in [0.3, 0.4) is 0 Å². The minimum Gasteiger partial charge on any atom is -0.492 e. The zero-order valence-corrected chi connectivity index (χ0v) is 16.6. The second-order valence-electron chi connectivity index (χ2n) is 5.47. The molecule has 0 unspecified atom stereocenters. The van der Waals surface area contributed by atoms with E-state index in [-0.39, 0.29) is 11.6 Å². The lowest BCUT2D eigenvalue weighted by molar-refractivity contribution is -0.192. The smallest absolute Gasteiger partial charge is 0.490 e. The van der Waals surface area contributed by atoms with Crippen molar-refractivity contribution in [3.8, 4) is 5.75 Å². The van der Waals surface area contributed by atoms with E-state index in [0.717, 1.165) is 4.60 Å². The number of nitrogens with one attached hydrogen (secondary N) is 1. The lowest BCUT2D eigenvalue weighted by atomic mass is 10.3. The van der Waals surface area contributed by atoms with Crippen LogP contribution in [0.15, 0.2) is 47.5 Å². The van der Waals surface area contributed by atoms with Crippen LogP contribution in [0, 0.1) is 0 Å². The number of amides is 1. The first-order valence-corrected chi connectivity index (χ1v) is 8.94. The monoisotopic (exact) mass is 489 g/mol. The van der Waals surface area contributed by atoms with Crippen molar-refractivity contribution in [1.82, 2.24) is 14.4 Å². The van der Waals surface area contributed by atoms with E-state index in [0.29, 0.717) is 30.2 Å². The number of carbonyl (C=O) groups excluding carboxylic acids is 1. The molecule has 1 aromatic carbocycles. The number of nitrogens with zero attached hydrogens (tertiary/aromatic N) is 3. The Morgan fingerprint density at radius 1 is 1.23 bits per heavy atom. The van der Waals surface area contributed by atoms with Crippen LogP contribution in [0.5, 0.6) is 5.75 Å². The van der Waals surface area contributed by atoms with Crippen molar-refractivity contribution < 1.29 is 32.6 Å². The van der Waals surface area contributed by atoms with Crippen molar-refractivity contribution in [3.63, 3.8) is 0 Å². The number of fused-ring (bicyclic) bond motifs is 1. The van der Waals surface area contributed by atoms with E-state index < -0.39 is 12.1 Å². The van der Waals surface area contributed by atoms with Gasteiger partial charge in [0.1, 0.15) is 17.0 Å². The van der Waals surface area contributed by atoms with Crippen LogP contribution >= 0.6 is 15.9 Å². The summed E-state index contributed by atoms with van der Waals surface area (Å²) in [5.41, 5.74) is 6.76. The molecule has 0 aliphatic carbocycles. The standard InChI is InChI=1S/C15H14BrN5O2.C2HF3O2/c16-12-9-19-14-13(18-6-7-21(12)14)15(22)20-10-1-3-11(4-2-10)23-8-5-17;3-2(4,5)1(6)7/h1-4,6-7,9H,5,8,17H2,(H,20,22);(H,6,7). The maximum atomic E-state index is 12.4. The number of rotatable bonds is 5. The summed E-state index contributed by atoms with van der Waals surface area (Å²) in [5.74, 6) is -2.39. The largest absolute Gasteiger partial charge is 0.492 e. The number of anilines is 1. The van der Waals surface area contributed by atoms with E-state index in [1.54, 1.807) is 47.3 Å². The molecule has 9 nitrogen and oxygen atoms in total. The summed E-state index contributed by atoms with van der Waals surface area (Å²) in [5, 5.41) is 9.92. The number of alkyl halides is 3. The van der Waals surface area contributed by atoms with Crippen molar-refractivity contribution in [3.05, 3.63) is 53.2 Å². The lowest BCUT2D eigenvalue weighted by Gasteiger charge is -2.08. The summed E-state index contributed by atoms with van der Waals surface area (Å²) in [6.45, 7) is 0.903. The third-order valence-corrected chi connectivity index (χ3v) is 3.93. The molecule has 0 saturated heterocycles. The molecule has 30 heavy (non-hydrogen) atoms. The minimum atomic E-state index is -5.08. The molecule has 160 valence electrons. The predicted octanol–water partition coefficient (Wildman–Crippen LogP) is 2.71. The highest BCUT2D eigenvalue weighted by Gasteiger charge is 2.38. The van der Waals surface area contributed by atoms with Crippen molar-refractivity contribution in [2.45, 2.75) is 6.18 Å². The van der Waals surface area contributed by atoms with Gasteiger partial charge in [-0.05, 0) is 40.2 Å². The van der Waals surface area contributed by atoms with E-state index in [1.165, 1.54) is 0 Å². The number of nitrogens with two attached hydrogens (primary N) is 1. The van der Waals surface area contributed by atoms with E-state index in [1.807, 2.05) is 0 Å². The van der Waals surface area contributed by atoms with Gasteiger partial charge in [0.25, 0.3) is 5.91 Å². The third kappa shape index (κ3) is 6.15. The number of halogens is 4. The molecule has 2 aromatic heterocycles. The highest BCUT2D eigenvalue weighted by Crippen LogP contribution is 2.18. The molecule has 0 fully saturated rings. The molecule has 0 aliphatic heterocycles. The normalized spacial score (nSPS) is 10.8. The van der Waals surface area contributed by atoms with Crippen molar-refractivity contribution >= 4 is 39.1 Å². The number of ether oxygens (including phenoxy) is 1. The van der Waals surface area contributed by atoms with Crippen LogP contribution in [0.2, 0.25) is 0 Å². The molecule has 1 amide bonds. The fourth-order valence-electron chi connectivity index (χ4n) is 2.05. The molecule has 4 N–H and O–H groups in total. The number of aromatic nitrogens is 3. The highest BCUT2D eigenvalue weighted by molar-refractivity contribution is 9.10. The second-order valence-corrected chi connectivity index (χ2v) is 6.28. The summed E-state index contributed by atoms with van der Waals surface area (Å²) in [6.07, 6.45) is -0.178. The Morgan fingerprint density at radius 2 is 1.87 bits per heavy atom. The molecule has 3 rings (SSSR count). The summed E-state index contributed by atoms with van der Waals surface area (Å²) < 4.78 is 39.6. The second kappa shape index (κ2) is 10.0. The molecule has 0 spiro atoms. The van der Waals surface area contributed by atoms with Gasteiger partial charge in [0, 0.05) is 24.6 Å². The number of carboxylic acid groups (broad SMARTS) is 1. The van der Waals surface area contributed by atoms with E-state index in [4.69, 9.17) is 20.4 Å². The maximum Gasteiger partial charge on any atom is 0.490 e. The zero-order chi connectivity index (χ0) is 22.3. The number of carboxylic acids is 1. The summed E-state index contributed by atoms with van der Waals surface area (Å²) >= 11 is 3.36. The van der Waals surface area contributed by atoms with Crippen molar-refractivity contribution in [2.24, 2.45) is 5.73 Å². The van der Waals surface area contributed by atoms with Crippen LogP contribution in [-0.4, -0.2) is 50.7 Å². The summed E-state index contributed by atoms with van der Waals surface area (Å²) in [4.78, 5) is 29.6. The molecule has 0 saturated carbocycles. The topological polar surface area (TPSA) is 132 Å². The van der Waals surface area contributed by atoms with Crippen LogP contribution in [0.25, 0.3) is 5.65 Å². The average molecular weight is 490 g/mol. The summed E-state index contributed by atoms with van der Waals surface area (Å²) in [7, 11) is 0. The average Bonchev–Trinajstić information content (AvgIpc) is 3.08. The summed E-state index contributed by atoms with van der Waals surface area (Å²) in [6, 6.07) is 7.05. The van der Waals surface area contributed by atoms with Gasteiger partial charge in [-0.2, -0.15) is 13.2 Å². The molecule has 2 heterocycles. The van der Waals surface area contributed by atoms with Crippen LogP contribution < -0.4 is 15.8 Å². The Balaban J connectivity index is 0.000000396. The maximum absolute atomic E-state index is 12.4. The van der Waals surface area contributed by atoms with Crippen LogP contribution in [0.4, 0.5) is 18.9 Å². The van der Waals surface area contributed by atoms with Gasteiger partial charge in [-0.3, -0.25) is 9.20 Å². The van der Waals surface area contributed by atoms with Gasteiger partial charge in [0.05, 0.1) is 6.20 Å². The molecular formula is C17H15BrF3N5O4. The van der Waals surface area contributed by atoms with Gasteiger partial charge in [0.2, 0.25) is 0 Å². The Morgan fingerprint density at radius 3 is 2.43 bits per heavy atom. The molecule has 0 radical (unpaired) electrons. The van der Waals surface area contributed by atoms with E-state index in [2.05, 4.69) is 31.2 Å². The fraction of sp³-hybridized carbons (Fsp3) is 0.176. The first kappa shape index (κ1) is 23.1. The predicted molar refractivity (Wildman–Crippen MR) is 103 cm³/mol. The van der Waals surface area contributed by atoms with Gasteiger partial charge in [-0.25, -0.2) is 14.8 Å². The number of hydrogen-bond donors (Lipinski definition) is 3. The Kier molecular flexibility index (Phi) is 7.72. The van der Waals surface area contributed by atoms with E-state index >= 15 is 0 Å². The van der Waals surface area contributed by atoms with Crippen LogP contribution in [-0.2, 0) is 4.79 Å². The van der Waals surface area contributed by atoms with E-state index in [9.17, 15) is 18.0 Å². The molecule has 3 aromatic rings. The van der Waals surface area contributed by atoms with Crippen molar-refractivity contribution in [1.29, 1.82) is 0 Å². The third-order valence-electron chi connectivity index (χ3n) is 3.34. The van der Waals surface area contributed by atoms with Crippen molar-refractivity contribution in [2.75, 3.05) is 18.5 Å². The van der Waals surface area contributed by atoms with Gasteiger partial charge in [-0.1, -0.05) is 0 Å². The van der Waals surface area contributed by atoms with Gasteiger partial charge >= 0.3 is 12.1 Å². The Hall–Kier alpha value is -3.19. The Labute approximate surface area is 175 Å². The molecular weight excluding hydrogens is 475 g/mol. The first-order chi connectivity index (χ1) is 14.1. The van der Waals surface area contributed by atoms with Crippen LogP contribution in [0.1, 0.15) is 10.5 Å². The number of carbonyl (C=O) groups is 2. The molecule has 0 bridgehead atoms. The number of benzene rings is 1. The lowest BCUT2D eigenvalue weighted by Crippen LogP contribution is -2.21. The fourth-order valence-corrected chi connectivity index (χ4v) is 2.44. The van der Waals surface area contributed by atoms with Gasteiger partial charge in [-0.15, -0.1) is 0 Å². The quantitative estimate of drug-likeness (QED) is 0.501. The minimum absolute atomic E-state index is 0.252. The SMILES string of the molecule is NCCOc1ccc(NC(=O)c2nccn3c(Br)cnc23)cc1.O=C(O)C(F)(F)F. The number of hydrogen-bond acceptors (Lipinski definition) is 6.